The van der Waals surface area contributed by atoms with E-state index in [1.165, 1.54) is 15.8 Å². The number of nitrogens with two attached hydrogens (primary N) is 1. The van der Waals surface area contributed by atoms with Crippen LogP contribution in [0.4, 0.5) is 10.5 Å². The molecule has 52 heavy (non-hydrogen) atoms. The Hall–Kier alpha value is -4.96. The number of benzene rings is 1. The predicted molar refractivity (Wildman–Crippen MR) is 190 cm³/mol. The van der Waals surface area contributed by atoms with E-state index >= 15 is 0 Å². The number of ketones is 1. The summed E-state index contributed by atoms with van der Waals surface area (Å²) in [6, 6.07) is 4.92. The molecule has 5 N–H and O–H groups in total. The number of carbonyl (C=O) groups excluding carboxylic acids is 5. The number of hydrogen-bond donors (Lipinski definition) is 4. The first-order chi connectivity index (χ1) is 24.8. The zero-order chi connectivity index (χ0) is 37.2. The third kappa shape index (κ3) is 7.62. The first-order valence-corrected chi connectivity index (χ1v) is 17.9. The average molecular weight is 718 g/mol. The fourth-order valence-corrected chi connectivity index (χ4v) is 7.79. The van der Waals surface area contributed by atoms with Crippen molar-refractivity contribution in [1.82, 2.24) is 29.8 Å². The third-order valence-electron chi connectivity index (χ3n) is 10.6. The second kappa shape index (κ2) is 14.9. The van der Waals surface area contributed by atoms with Crippen LogP contribution in [0.2, 0.25) is 0 Å². The van der Waals surface area contributed by atoms with E-state index in [2.05, 4.69) is 25.9 Å². The first-order valence-electron chi connectivity index (χ1n) is 17.9. The smallest absolute Gasteiger partial charge is 0.345 e. The van der Waals surface area contributed by atoms with Crippen LogP contribution in [0, 0.1) is 5.92 Å². The van der Waals surface area contributed by atoms with E-state index in [0.29, 0.717) is 11.4 Å². The van der Waals surface area contributed by atoms with Gasteiger partial charge in [-0.1, -0.05) is 43.4 Å². The number of Topliss-reactive ketones (excluding diaryl/α,β-unsaturated/α-hetero) is 1. The highest BCUT2D eigenvalue weighted by atomic mass is 16.5. The number of urea groups is 1. The fraction of sp³-hybridized carbons (Fsp3) is 0.556. The minimum atomic E-state index is -1.60. The lowest BCUT2D eigenvalue weighted by Crippen LogP contribution is -2.63. The molecule has 0 spiro atoms. The molecule has 16 nitrogen and oxygen atoms in total. The molecule has 1 saturated carbocycles. The number of aliphatic imine (C=N–C) groups is 1. The Morgan fingerprint density at radius 1 is 1.10 bits per heavy atom. The topological polar surface area (TPSA) is 216 Å². The van der Waals surface area contributed by atoms with E-state index in [4.69, 9.17) is 10.5 Å². The zero-order valence-corrected chi connectivity index (χ0v) is 29.8. The molecule has 3 aliphatic rings. The number of aliphatic hydroxyl groups is 1. The minimum Gasteiger partial charge on any atom is -0.384 e. The Bertz CT molecular complexity index is 1880. The number of nitrogens with one attached hydrogen (secondary N) is 2. The molecule has 2 saturated heterocycles. The van der Waals surface area contributed by atoms with Crippen molar-refractivity contribution in [3.05, 3.63) is 42.4 Å². The van der Waals surface area contributed by atoms with Crippen molar-refractivity contribution in [3.8, 4) is 0 Å². The van der Waals surface area contributed by atoms with E-state index in [-0.39, 0.29) is 57.1 Å². The summed E-state index contributed by atoms with van der Waals surface area (Å²) in [5.41, 5.74) is 4.32. The van der Waals surface area contributed by atoms with Crippen LogP contribution < -0.4 is 16.4 Å². The van der Waals surface area contributed by atoms with Gasteiger partial charge in [0.15, 0.2) is 0 Å². The molecule has 4 heterocycles. The highest BCUT2D eigenvalue weighted by molar-refractivity contribution is 6.41. The van der Waals surface area contributed by atoms with Crippen molar-refractivity contribution in [1.29, 1.82) is 0 Å². The molecule has 2 atom stereocenters. The van der Waals surface area contributed by atoms with Gasteiger partial charge in [-0.05, 0) is 44.4 Å². The SMILES string of the molecule is Cn1ccc2c(NC(=O)/N=C(\CC3CCCCC3)C(=O)N3C[C@@H](n4nncc4C(C)(C)O)C[C@H]3C(=O)NC3(C(=O)C(N)=O)CCOCC3)cccc21. The molecule has 1 aromatic carbocycles. The molecule has 16 heteroatoms. The van der Waals surface area contributed by atoms with E-state index in [9.17, 15) is 29.1 Å². The van der Waals surface area contributed by atoms with Crippen molar-refractivity contribution in [2.24, 2.45) is 23.7 Å². The Kier molecular flexibility index (Phi) is 10.6. The van der Waals surface area contributed by atoms with Crippen molar-refractivity contribution >= 4 is 51.8 Å². The Balaban J connectivity index is 1.35. The van der Waals surface area contributed by atoms with Gasteiger partial charge < -0.3 is 35.7 Å². The summed E-state index contributed by atoms with van der Waals surface area (Å²) in [5, 5.41) is 25.5. The van der Waals surface area contributed by atoms with Crippen LogP contribution in [0.1, 0.15) is 83.4 Å². The van der Waals surface area contributed by atoms with Gasteiger partial charge in [0.25, 0.3) is 11.8 Å². The number of anilines is 1. The summed E-state index contributed by atoms with van der Waals surface area (Å²) < 4.78 is 8.85. The summed E-state index contributed by atoms with van der Waals surface area (Å²) in [7, 11) is 1.90. The van der Waals surface area contributed by atoms with Crippen LogP contribution in [-0.2, 0) is 36.6 Å². The third-order valence-corrected chi connectivity index (χ3v) is 10.6. The summed E-state index contributed by atoms with van der Waals surface area (Å²) in [6.07, 6.45) is 8.47. The number of hydrogen-bond acceptors (Lipinski definition) is 9. The monoisotopic (exact) mass is 717 g/mol. The van der Waals surface area contributed by atoms with Gasteiger partial charge in [-0.3, -0.25) is 19.2 Å². The Labute approximate surface area is 301 Å². The molecule has 1 aliphatic carbocycles. The van der Waals surface area contributed by atoms with Crippen LogP contribution >= 0.6 is 0 Å². The highest BCUT2D eigenvalue weighted by Gasteiger charge is 2.49. The van der Waals surface area contributed by atoms with E-state index in [0.717, 1.165) is 43.0 Å². The fourth-order valence-electron chi connectivity index (χ4n) is 7.79. The number of aromatic nitrogens is 4. The number of amides is 5. The van der Waals surface area contributed by atoms with Crippen molar-refractivity contribution in [2.75, 3.05) is 25.1 Å². The molecular formula is C36H47N9O7. The van der Waals surface area contributed by atoms with Gasteiger partial charge in [0, 0.05) is 63.2 Å². The number of fused-ring (bicyclic) bond motifs is 1. The van der Waals surface area contributed by atoms with Crippen LogP contribution in [0.15, 0.2) is 41.7 Å². The summed E-state index contributed by atoms with van der Waals surface area (Å²) >= 11 is 0. The number of nitrogens with zero attached hydrogens (tertiary/aromatic N) is 6. The maximum absolute atomic E-state index is 14.7. The second-order valence-electron chi connectivity index (χ2n) is 14.7. The molecule has 6 rings (SSSR count). The normalized spacial score (nSPS) is 21.2. The van der Waals surface area contributed by atoms with Gasteiger partial charge in [-0.15, -0.1) is 5.10 Å². The van der Waals surface area contributed by atoms with E-state index in [1.54, 1.807) is 19.9 Å². The zero-order valence-electron chi connectivity index (χ0n) is 29.8. The molecule has 2 aliphatic heterocycles. The highest BCUT2D eigenvalue weighted by Crippen LogP contribution is 2.34. The van der Waals surface area contributed by atoms with Gasteiger partial charge in [-0.2, -0.15) is 4.99 Å². The van der Waals surface area contributed by atoms with Gasteiger partial charge in [-0.25, -0.2) is 9.48 Å². The van der Waals surface area contributed by atoms with Gasteiger partial charge in [0.2, 0.25) is 11.7 Å². The van der Waals surface area contributed by atoms with Gasteiger partial charge >= 0.3 is 6.03 Å². The lowest BCUT2D eigenvalue weighted by atomic mass is 9.84. The van der Waals surface area contributed by atoms with Crippen LogP contribution in [0.5, 0.6) is 0 Å². The number of aryl methyl sites for hydroxylation is 1. The minimum absolute atomic E-state index is 0.0124. The molecule has 0 unspecified atom stereocenters. The molecule has 5 amide bonds. The van der Waals surface area contributed by atoms with E-state index in [1.807, 2.05) is 36.0 Å². The lowest BCUT2D eigenvalue weighted by molar-refractivity contribution is -0.146. The van der Waals surface area contributed by atoms with Crippen LogP contribution in [0.3, 0.4) is 0 Å². The molecule has 2 aromatic heterocycles. The molecular weight excluding hydrogens is 670 g/mol. The largest absolute Gasteiger partial charge is 0.384 e. The number of ether oxygens (including phenoxy) is 1. The Morgan fingerprint density at radius 2 is 1.83 bits per heavy atom. The average Bonchev–Trinajstić information content (AvgIpc) is 3.87. The lowest BCUT2D eigenvalue weighted by Gasteiger charge is -2.37. The second-order valence-corrected chi connectivity index (χ2v) is 14.7. The molecule has 0 bridgehead atoms. The molecule has 3 aromatic rings. The standard InChI is InChI=1S/C36H47N9O7/c1-35(2,51)29-20-38-42-45(29)23-19-28(32(48)41-36(30(46)31(37)47)13-16-52-17-14-36)44(21-23)33(49)26(18-22-8-5-4-6-9-22)40-34(50)39-25-10-7-11-27-24(25)12-15-43(27)3/h7,10-12,15,20,22-23,28,51H,4-6,8-9,13-14,16-19,21H2,1-3H3,(H2,37,47)(H,39,50)(H,41,48)/b40-26+/t23-,28-/m0/s1. The predicted octanol–water partition coefficient (Wildman–Crippen LogP) is 2.50. The summed E-state index contributed by atoms with van der Waals surface area (Å²) in [4.78, 5) is 73.6. The van der Waals surface area contributed by atoms with Gasteiger partial charge in [0.1, 0.15) is 22.9 Å². The quantitative estimate of drug-likeness (QED) is 0.179. The van der Waals surface area contributed by atoms with Crippen LogP contribution in [-0.4, -0.2) is 96.2 Å². The molecule has 3 fully saturated rings. The number of carbonyl (C=O) groups is 5. The number of primary amides is 1. The first kappa shape index (κ1) is 36.8. The maximum atomic E-state index is 14.7. The van der Waals surface area contributed by atoms with Crippen molar-refractivity contribution in [2.45, 2.75) is 94.9 Å². The molecule has 278 valence electrons. The van der Waals surface area contributed by atoms with Crippen LogP contribution in [0.25, 0.3) is 10.9 Å². The summed E-state index contributed by atoms with van der Waals surface area (Å²) in [5.74, 6) is -3.29. The molecule has 0 radical (unpaired) electrons. The summed E-state index contributed by atoms with van der Waals surface area (Å²) in [6.45, 7) is 3.37. The maximum Gasteiger partial charge on any atom is 0.345 e. The van der Waals surface area contributed by atoms with Gasteiger partial charge in [0.05, 0.1) is 23.6 Å². The number of rotatable bonds is 10. The Morgan fingerprint density at radius 3 is 2.52 bits per heavy atom. The van der Waals surface area contributed by atoms with Crippen molar-refractivity contribution < 1.29 is 33.8 Å². The van der Waals surface area contributed by atoms with E-state index < -0.39 is 52.8 Å². The number of likely N-dealkylation sites (tertiary alicyclic amines) is 1. The van der Waals surface area contributed by atoms with Crippen molar-refractivity contribution in [3.63, 3.8) is 0 Å².